The number of aryl methyl sites for hydroxylation is 1. The van der Waals surface area contributed by atoms with E-state index in [1.165, 1.54) is 31.5 Å². The predicted molar refractivity (Wildman–Crippen MR) is 94.6 cm³/mol. The number of fused-ring (bicyclic) bond motifs is 3. The Hall–Kier alpha value is -2.00. The zero-order valence-corrected chi connectivity index (χ0v) is 13.7. The molecule has 3 aliphatic heterocycles. The van der Waals surface area contributed by atoms with Gasteiger partial charge in [-0.15, -0.1) is 0 Å². The van der Waals surface area contributed by atoms with Gasteiger partial charge in [0.1, 0.15) is 11.9 Å². The molecule has 1 atom stereocenters. The average molecular weight is 308 g/mol. The lowest BCUT2D eigenvalue weighted by Crippen LogP contribution is -2.52. The van der Waals surface area contributed by atoms with Crippen LogP contribution in [0.25, 0.3) is 11.1 Å². The number of hydrogen-bond acceptors (Lipinski definition) is 3. The maximum absolute atomic E-state index is 6.26. The third-order valence-corrected chi connectivity index (χ3v) is 5.35. The number of piperidine rings is 3. The predicted octanol–water partition coefficient (Wildman–Crippen LogP) is 3.72. The van der Waals surface area contributed by atoms with Crippen LogP contribution >= 0.6 is 0 Å². The Morgan fingerprint density at radius 1 is 1.00 bits per heavy atom. The van der Waals surface area contributed by atoms with Crippen LogP contribution in [0.1, 0.15) is 18.4 Å². The van der Waals surface area contributed by atoms with Crippen LogP contribution in [-0.4, -0.2) is 30.6 Å². The Morgan fingerprint density at radius 3 is 2.30 bits per heavy atom. The molecule has 120 valence electrons. The summed E-state index contributed by atoms with van der Waals surface area (Å²) in [6, 6.07) is 14.7. The molecular formula is C20H24N2O. The summed E-state index contributed by atoms with van der Waals surface area (Å²) in [4.78, 5) is 2.52. The Balaban J connectivity index is 1.48. The van der Waals surface area contributed by atoms with E-state index >= 15 is 0 Å². The van der Waals surface area contributed by atoms with Gasteiger partial charge < -0.3 is 10.5 Å². The molecule has 2 N–H and O–H groups in total. The minimum atomic E-state index is 0.360. The molecule has 2 aromatic carbocycles. The summed E-state index contributed by atoms with van der Waals surface area (Å²) in [5.74, 6) is 1.71. The molecule has 3 nitrogen and oxygen atoms in total. The summed E-state index contributed by atoms with van der Waals surface area (Å²) < 4.78 is 6.26. The van der Waals surface area contributed by atoms with Crippen molar-refractivity contribution in [3.63, 3.8) is 0 Å². The van der Waals surface area contributed by atoms with Crippen molar-refractivity contribution < 1.29 is 4.74 Å². The first-order chi connectivity index (χ1) is 11.2. The van der Waals surface area contributed by atoms with Gasteiger partial charge in [0.05, 0.1) is 0 Å². The Kier molecular flexibility index (Phi) is 3.74. The molecule has 0 spiro atoms. The molecule has 0 aliphatic carbocycles. The molecule has 0 saturated carbocycles. The normalized spacial score (nSPS) is 26.2. The van der Waals surface area contributed by atoms with E-state index in [1.807, 2.05) is 13.0 Å². The van der Waals surface area contributed by atoms with Crippen LogP contribution in [0, 0.1) is 12.8 Å². The van der Waals surface area contributed by atoms with Crippen LogP contribution in [0.4, 0.5) is 5.69 Å². The molecule has 3 heterocycles. The molecule has 3 fully saturated rings. The zero-order chi connectivity index (χ0) is 15.8. The van der Waals surface area contributed by atoms with Gasteiger partial charge in [-0.25, -0.2) is 0 Å². The van der Waals surface area contributed by atoms with Crippen LogP contribution in [0.2, 0.25) is 0 Å². The number of benzene rings is 2. The second-order valence-corrected chi connectivity index (χ2v) is 6.89. The molecule has 3 heteroatoms. The van der Waals surface area contributed by atoms with Gasteiger partial charge in [0.2, 0.25) is 0 Å². The highest BCUT2D eigenvalue weighted by Gasteiger charge is 2.35. The Labute approximate surface area is 138 Å². The molecular weight excluding hydrogens is 284 g/mol. The lowest BCUT2D eigenvalue weighted by atomic mass is 9.86. The minimum absolute atomic E-state index is 0.360. The number of nitrogens with two attached hydrogens (primary N) is 1. The summed E-state index contributed by atoms with van der Waals surface area (Å²) in [7, 11) is 0. The summed E-state index contributed by atoms with van der Waals surface area (Å²) in [5, 5.41) is 0. The Morgan fingerprint density at radius 2 is 1.70 bits per heavy atom. The molecule has 0 aromatic heterocycles. The van der Waals surface area contributed by atoms with Crippen LogP contribution in [-0.2, 0) is 0 Å². The molecule has 2 bridgehead atoms. The van der Waals surface area contributed by atoms with E-state index in [0.717, 1.165) is 35.0 Å². The van der Waals surface area contributed by atoms with Gasteiger partial charge in [0, 0.05) is 12.2 Å². The summed E-state index contributed by atoms with van der Waals surface area (Å²) in [6.45, 7) is 5.61. The SMILES string of the molecule is Cc1ccc(-c2ccc(OC3CN4CCC3CC4)cc2)cc1N. The quantitative estimate of drug-likeness (QED) is 0.878. The lowest BCUT2D eigenvalue weighted by Gasteiger charge is -2.44. The first-order valence-electron chi connectivity index (χ1n) is 8.54. The number of rotatable bonds is 3. The van der Waals surface area contributed by atoms with E-state index in [4.69, 9.17) is 10.5 Å². The van der Waals surface area contributed by atoms with Crippen molar-refractivity contribution in [1.29, 1.82) is 0 Å². The van der Waals surface area contributed by atoms with E-state index in [1.54, 1.807) is 0 Å². The van der Waals surface area contributed by atoms with Crippen molar-refractivity contribution in [2.45, 2.75) is 25.9 Å². The van der Waals surface area contributed by atoms with Gasteiger partial charge >= 0.3 is 0 Å². The molecule has 23 heavy (non-hydrogen) atoms. The number of anilines is 1. The molecule has 2 aromatic rings. The minimum Gasteiger partial charge on any atom is -0.489 e. The Bertz CT molecular complexity index is 687. The van der Waals surface area contributed by atoms with Gasteiger partial charge in [-0.2, -0.15) is 0 Å². The summed E-state index contributed by atoms with van der Waals surface area (Å²) in [5.41, 5.74) is 10.3. The van der Waals surface area contributed by atoms with E-state index in [-0.39, 0.29) is 0 Å². The van der Waals surface area contributed by atoms with Crippen molar-refractivity contribution >= 4 is 5.69 Å². The van der Waals surface area contributed by atoms with Gasteiger partial charge in [-0.05, 0) is 73.7 Å². The van der Waals surface area contributed by atoms with Crippen molar-refractivity contribution in [2.75, 3.05) is 25.4 Å². The van der Waals surface area contributed by atoms with Crippen LogP contribution in [0.5, 0.6) is 5.75 Å². The van der Waals surface area contributed by atoms with Gasteiger partial charge in [0.25, 0.3) is 0 Å². The molecule has 1 unspecified atom stereocenters. The second-order valence-electron chi connectivity index (χ2n) is 6.89. The first kappa shape index (κ1) is 14.6. The number of nitrogen functional groups attached to an aromatic ring is 1. The third kappa shape index (κ3) is 2.93. The van der Waals surface area contributed by atoms with Gasteiger partial charge in [-0.1, -0.05) is 24.3 Å². The lowest BCUT2D eigenvalue weighted by molar-refractivity contribution is -0.00775. The molecule has 0 radical (unpaired) electrons. The fourth-order valence-electron chi connectivity index (χ4n) is 3.77. The van der Waals surface area contributed by atoms with Crippen molar-refractivity contribution in [3.05, 3.63) is 48.0 Å². The van der Waals surface area contributed by atoms with Crippen molar-refractivity contribution in [3.8, 4) is 16.9 Å². The first-order valence-corrected chi connectivity index (χ1v) is 8.54. The fourth-order valence-corrected chi connectivity index (χ4v) is 3.77. The van der Waals surface area contributed by atoms with E-state index in [0.29, 0.717) is 6.10 Å². The standard InChI is InChI=1S/C20H24N2O/c1-14-2-3-17(12-19(14)21)15-4-6-18(7-5-15)23-20-13-22-10-8-16(20)9-11-22/h2-7,12,16,20H,8-11,13,21H2,1H3. The van der Waals surface area contributed by atoms with E-state index in [9.17, 15) is 0 Å². The smallest absolute Gasteiger partial charge is 0.119 e. The molecule has 0 amide bonds. The topological polar surface area (TPSA) is 38.5 Å². The van der Waals surface area contributed by atoms with Crippen molar-refractivity contribution in [2.24, 2.45) is 5.92 Å². The van der Waals surface area contributed by atoms with E-state index < -0.39 is 0 Å². The van der Waals surface area contributed by atoms with Crippen LogP contribution in [0.15, 0.2) is 42.5 Å². The van der Waals surface area contributed by atoms with Crippen molar-refractivity contribution in [1.82, 2.24) is 4.90 Å². The highest BCUT2D eigenvalue weighted by atomic mass is 16.5. The summed E-state index contributed by atoms with van der Waals surface area (Å²) in [6.07, 6.45) is 2.93. The highest BCUT2D eigenvalue weighted by Crippen LogP contribution is 2.31. The molecule has 3 saturated heterocycles. The molecule has 3 aliphatic rings. The van der Waals surface area contributed by atoms with Crippen LogP contribution < -0.4 is 10.5 Å². The monoisotopic (exact) mass is 308 g/mol. The van der Waals surface area contributed by atoms with Gasteiger partial charge in [0.15, 0.2) is 0 Å². The van der Waals surface area contributed by atoms with E-state index in [2.05, 4.69) is 41.3 Å². The largest absolute Gasteiger partial charge is 0.489 e. The highest BCUT2D eigenvalue weighted by molar-refractivity contribution is 5.69. The summed E-state index contributed by atoms with van der Waals surface area (Å²) >= 11 is 0. The van der Waals surface area contributed by atoms with Crippen LogP contribution in [0.3, 0.4) is 0 Å². The third-order valence-electron chi connectivity index (χ3n) is 5.35. The second kappa shape index (κ2) is 5.89. The maximum Gasteiger partial charge on any atom is 0.119 e. The van der Waals surface area contributed by atoms with Gasteiger partial charge in [-0.3, -0.25) is 4.90 Å². The maximum atomic E-state index is 6.26. The zero-order valence-electron chi connectivity index (χ0n) is 13.7. The number of hydrogen-bond donors (Lipinski definition) is 1. The average Bonchev–Trinajstić information content (AvgIpc) is 2.59. The fraction of sp³-hybridized carbons (Fsp3) is 0.400. The molecule has 5 rings (SSSR count). The number of ether oxygens (including phenoxy) is 1. The number of nitrogens with zero attached hydrogens (tertiary/aromatic N) is 1.